The van der Waals surface area contributed by atoms with Crippen molar-refractivity contribution in [2.24, 2.45) is 5.92 Å². The van der Waals surface area contributed by atoms with Crippen LogP contribution in [0.15, 0.2) is 0 Å². The summed E-state index contributed by atoms with van der Waals surface area (Å²) in [5.74, 6) is -0.0107. The number of rotatable bonds is 4. The first kappa shape index (κ1) is 13.5. The van der Waals surface area contributed by atoms with E-state index in [1.165, 1.54) is 7.11 Å². The maximum Gasteiger partial charge on any atom is 0.323 e. The third kappa shape index (κ3) is 2.95. The molecule has 1 aliphatic heterocycles. The molecule has 1 heterocycles. The second kappa shape index (κ2) is 5.15. The maximum atomic E-state index is 11.5. The highest BCUT2D eigenvalue weighted by atomic mass is 16.5. The third-order valence-electron chi connectivity index (χ3n) is 3.60. The molecule has 0 aromatic rings. The highest BCUT2D eigenvalue weighted by Gasteiger charge is 2.36. The van der Waals surface area contributed by atoms with Crippen LogP contribution in [0.5, 0.6) is 0 Å². The van der Waals surface area contributed by atoms with Gasteiger partial charge in [-0.25, -0.2) is 0 Å². The molecule has 1 aliphatic rings. The zero-order valence-corrected chi connectivity index (χ0v) is 10.7. The SMILES string of the molecule is COC(=O)C1CCCN1CC(C)(O)C(C)C. The van der Waals surface area contributed by atoms with Crippen molar-refractivity contribution in [1.82, 2.24) is 4.90 Å². The average molecular weight is 229 g/mol. The van der Waals surface area contributed by atoms with E-state index in [1.54, 1.807) is 0 Å². The molecule has 0 aliphatic carbocycles. The van der Waals surface area contributed by atoms with E-state index in [-0.39, 0.29) is 17.9 Å². The van der Waals surface area contributed by atoms with Crippen molar-refractivity contribution in [2.45, 2.75) is 45.3 Å². The van der Waals surface area contributed by atoms with Gasteiger partial charge in [0.1, 0.15) is 6.04 Å². The van der Waals surface area contributed by atoms with Gasteiger partial charge in [-0.15, -0.1) is 0 Å². The first-order valence-corrected chi connectivity index (χ1v) is 5.92. The Morgan fingerprint density at radius 2 is 2.25 bits per heavy atom. The Kier molecular flexibility index (Phi) is 4.33. The second-order valence-corrected chi connectivity index (χ2v) is 5.16. The highest BCUT2D eigenvalue weighted by Crippen LogP contribution is 2.24. The summed E-state index contributed by atoms with van der Waals surface area (Å²) < 4.78 is 4.78. The highest BCUT2D eigenvalue weighted by molar-refractivity contribution is 5.75. The molecule has 16 heavy (non-hydrogen) atoms. The lowest BCUT2D eigenvalue weighted by molar-refractivity contribution is -0.147. The minimum absolute atomic E-state index is 0.171. The van der Waals surface area contributed by atoms with Crippen LogP contribution in [-0.4, -0.2) is 47.8 Å². The molecule has 0 radical (unpaired) electrons. The molecule has 2 atom stereocenters. The Hall–Kier alpha value is -0.610. The number of carbonyl (C=O) groups excluding carboxylic acids is 1. The number of methoxy groups -OCH3 is 1. The molecule has 0 saturated carbocycles. The molecule has 0 spiro atoms. The van der Waals surface area contributed by atoms with Gasteiger partial charge >= 0.3 is 5.97 Å². The van der Waals surface area contributed by atoms with Crippen molar-refractivity contribution in [1.29, 1.82) is 0 Å². The molecule has 4 heteroatoms. The van der Waals surface area contributed by atoms with Crippen LogP contribution in [-0.2, 0) is 9.53 Å². The Morgan fingerprint density at radius 3 is 2.75 bits per heavy atom. The third-order valence-corrected chi connectivity index (χ3v) is 3.60. The number of esters is 1. The smallest absolute Gasteiger partial charge is 0.323 e. The molecular formula is C12H23NO3. The number of likely N-dealkylation sites (tertiary alicyclic amines) is 1. The molecule has 2 unspecified atom stereocenters. The fourth-order valence-corrected chi connectivity index (χ4v) is 2.01. The van der Waals surface area contributed by atoms with E-state index in [0.717, 1.165) is 19.4 Å². The molecule has 0 bridgehead atoms. The lowest BCUT2D eigenvalue weighted by Crippen LogP contribution is -2.48. The van der Waals surface area contributed by atoms with E-state index in [9.17, 15) is 9.90 Å². The van der Waals surface area contributed by atoms with Crippen LogP contribution in [0.2, 0.25) is 0 Å². The summed E-state index contributed by atoms with van der Waals surface area (Å²) >= 11 is 0. The number of nitrogens with zero attached hydrogens (tertiary/aromatic N) is 1. The molecule has 0 amide bonds. The Balaban J connectivity index is 2.63. The Morgan fingerprint density at radius 1 is 1.62 bits per heavy atom. The van der Waals surface area contributed by atoms with Crippen molar-refractivity contribution in [3.05, 3.63) is 0 Å². The first-order valence-electron chi connectivity index (χ1n) is 5.92. The van der Waals surface area contributed by atoms with Crippen LogP contribution in [0.4, 0.5) is 0 Å². The van der Waals surface area contributed by atoms with Gasteiger partial charge in [-0.05, 0) is 32.2 Å². The summed E-state index contributed by atoms with van der Waals surface area (Å²) in [6, 6.07) is -0.171. The predicted octanol–water partition coefficient (Wildman–Crippen LogP) is 1.03. The first-order chi connectivity index (χ1) is 7.38. The van der Waals surface area contributed by atoms with Gasteiger partial charge in [0.25, 0.3) is 0 Å². The van der Waals surface area contributed by atoms with Crippen LogP contribution >= 0.6 is 0 Å². The summed E-state index contributed by atoms with van der Waals surface area (Å²) in [7, 11) is 1.42. The van der Waals surface area contributed by atoms with Crippen molar-refractivity contribution < 1.29 is 14.6 Å². The molecule has 94 valence electrons. The summed E-state index contributed by atoms with van der Waals surface area (Å²) in [6.07, 6.45) is 1.83. The minimum atomic E-state index is -0.753. The van der Waals surface area contributed by atoms with Crippen molar-refractivity contribution in [2.75, 3.05) is 20.2 Å². The zero-order chi connectivity index (χ0) is 12.3. The van der Waals surface area contributed by atoms with Gasteiger partial charge in [0, 0.05) is 6.54 Å². The standard InChI is InChI=1S/C12H23NO3/c1-9(2)12(3,15)8-13-7-5-6-10(13)11(14)16-4/h9-10,15H,5-8H2,1-4H3. The summed E-state index contributed by atoms with van der Waals surface area (Å²) in [5.41, 5.74) is -0.753. The normalized spacial score (nSPS) is 25.8. The topological polar surface area (TPSA) is 49.8 Å². The molecule has 0 aromatic carbocycles. The Bertz CT molecular complexity index is 251. The fraction of sp³-hybridized carbons (Fsp3) is 0.917. The van der Waals surface area contributed by atoms with E-state index in [1.807, 2.05) is 25.7 Å². The van der Waals surface area contributed by atoms with Gasteiger partial charge in [-0.3, -0.25) is 9.69 Å². The van der Waals surface area contributed by atoms with E-state index >= 15 is 0 Å². The van der Waals surface area contributed by atoms with Gasteiger partial charge < -0.3 is 9.84 Å². The number of hydrogen-bond donors (Lipinski definition) is 1. The minimum Gasteiger partial charge on any atom is -0.468 e. The summed E-state index contributed by atoms with van der Waals surface area (Å²) in [6.45, 7) is 7.20. The summed E-state index contributed by atoms with van der Waals surface area (Å²) in [5, 5.41) is 10.2. The van der Waals surface area contributed by atoms with Gasteiger partial charge in [0.2, 0.25) is 0 Å². The second-order valence-electron chi connectivity index (χ2n) is 5.16. The average Bonchev–Trinajstić information content (AvgIpc) is 2.63. The fourth-order valence-electron chi connectivity index (χ4n) is 2.01. The number of aliphatic hydroxyl groups is 1. The van der Waals surface area contributed by atoms with E-state index in [2.05, 4.69) is 0 Å². The van der Waals surface area contributed by atoms with Gasteiger partial charge in [0.15, 0.2) is 0 Å². The maximum absolute atomic E-state index is 11.5. The van der Waals surface area contributed by atoms with Gasteiger partial charge in [0.05, 0.1) is 12.7 Å². The molecule has 1 rings (SSSR count). The quantitative estimate of drug-likeness (QED) is 0.732. The molecule has 1 N–H and O–H groups in total. The van der Waals surface area contributed by atoms with E-state index in [4.69, 9.17) is 4.74 Å². The lowest BCUT2D eigenvalue weighted by Gasteiger charge is -2.34. The van der Waals surface area contributed by atoms with Crippen LogP contribution < -0.4 is 0 Å². The van der Waals surface area contributed by atoms with Crippen LogP contribution in [0.25, 0.3) is 0 Å². The van der Waals surface area contributed by atoms with E-state index in [0.29, 0.717) is 6.54 Å². The largest absolute Gasteiger partial charge is 0.468 e. The van der Waals surface area contributed by atoms with Crippen molar-refractivity contribution >= 4 is 5.97 Å². The predicted molar refractivity (Wildman–Crippen MR) is 62.1 cm³/mol. The molecule has 1 fully saturated rings. The van der Waals surface area contributed by atoms with Gasteiger partial charge in [-0.1, -0.05) is 13.8 Å². The zero-order valence-electron chi connectivity index (χ0n) is 10.7. The van der Waals surface area contributed by atoms with Gasteiger partial charge in [-0.2, -0.15) is 0 Å². The van der Waals surface area contributed by atoms with Crippen LogP contribution in [0, 0.1) is 5.92 Å². The molecule has 0 aromatic heterocycles. The lowest BCUT2D eigenvalue weighted by atomic mass is 9.92. The van der Waals surface area contributed by atoms with E-state index < -0.39 is 5.60 Å². The molecule has 1 saturated heterocycles. The number of β-amino-alcohol motifs (C(OH)–C–C–N with tert-alkyl or cyclic N) is 1. The van der Waals surface area contributed by atoms with Crippen LogP contribution in [0.3, 0.4) is 0 Å². The monoisotopic (exact) mass is 229 g/mol. The number of hydrogen-bond acceptors (Lipinski definition) is 4. The Labute approximate surface area is 97.6 Å². The number of carbonyl (C=O) groups is 1. The summed E-state index contributed by atoms with van der Waals surface area (Å²) in [4.78, 5) is 13.6. The van der Waals surface area contributed by atoms with Crippen molar-refractivity contribution in [3.8, 4) is 0 Å². The molecule has 4 nitrogen and oxygen atoms in total. The number of ether oxygens (including phenoxy) is 1. The molecular weight excluding hydrogens is 206 g/mol. The van der Waals surface area contributed by atoms with Crippen molar-refractivity contribution in [3.63, 3.8) is 0 Å². The van der Waals surface area contributed by atoms with Crippen LogP contribution in [0.1, 0.15) is 33.6 Å².